The van der Waals surface area contributed by atoms with E-state index >= 15 is 0 Å². The number of nitrogens with zero attached hydrogens (tertiary/aromatic N) is 1. The maximum Gasteiger partial charge on any atom is 0.407 e. The van der Waals surface area contributed by atoms with Crippen LogP contribution in [0.15, 0.2) is 36.5 Å². The summed E-state index contributed by atoms with van der Waals surface area (Å²) in [5, 5.41) is 3.57. The van der Waals surface area contributed by atoms with Crippen LogP contribution < -0.4 is 10.1 Å². The smallest absolute Gasteiger partial charge is 0.407 e. The Kier molecular flexibility index (Phi) is 5.41. The lowest BCUT2D eigenvalue weighted by Gasteiger charge is -2.03. The molecule has 21 heavy (non-hydrogen) atoms. The first-order chi connectivity index (χ1) is 10.3. The summed E-state index contributed by atoms with van der Waals surface area (Å²) in [5.41, 5.74) is 0.881. The van der Waals surface area contributed by atoms with Crippen molar-refractivity contribution in [3.63, 3.8) is 0 Å². The average Bonchev–Trinajstić information content (AvgIpc) is 2.51. The molecule has 1 aromatic carbocycles. The third kappa shape index (κ3) is 4.69. The molecule has 1 N–H and O–H groups in total. The molecule has 0 aliphatic carbocycles. The lowest BCUT2D eigenvalue weighted by molar-refractivity contribution is 0.153. The Balaban J connectivity index is 1.79. The third-order valence-corrected chi connectivity index (χ3v) is 2.61. The number of fused-ring (bicyclic) bond motifs is 1. The highest BCUT2D eigenvalue weighted by Gasteiger charge is 1.97. The molecule has 0 bridgehead atoms. The summed E-state index contributed by atoms with van der Waals surface area (Å²) in [6, 6.07) is 9.59. The molecule has 0 saturated carbocycles. The Morgan fingerprint density at radius 1 is 1.33 bits per heavy atom. The van der Waals surface area contributed by atoms with E-state index in [9.17, 15) is 4.79 Å². The molecule has 0 aliphatic rings. The molecule has 5 heteroatoms. The van der Waals surface area contributed by atoms with Crippen LogP contribution in [-0.4, -0.2) is 30.8 Å². The van der Waals surface area contributed by atoms with Gasteiger partial charge >= 0.3 is 6.09 Å². The second kappa shape index (κ2) is 7.75. The molecule has 2 aromatic rings. The van der Waals surface area contributed by atoms with Gasteiger partial charge in [-0.25, -0.2) is 4.79 Å². The molecule has 0 aliphatic heterocycles. The molecular weight excluding hydrogens is 268 g/mol. The van der Waals surface area contributed by atoms with Gasteiger partial charge in [0.2, 0.25) is 0 Å². The van der Waals surface area contributed by atoms with E-state index in [1.165, 1.54) is 0 Å². The first-order valence-corrected chi connectivity index (χ1v) is 6.63. The lowest BCUT2D eigenvalue weighted by Crippen LogP contribution is -2.24. The van der Waals surface area contributed by atoms with Gasteiger partial charge < -0.3 is 14.8 Å². The number of alkyl carbamates (subject to hydrolysis) is 1. The van der Waals surface area contributed by atoms with Crippen molar-refractivity contribution >= 4 is 17.0 Å². The minimum atomic E-state index is -0.465. The number of aromatic nitrogens is 1. The summed E-state index contributed by atoms with van der Waals surface area (Å²) in [7, 11) is 0. The lowest BCUT2D eigenvalue weighted by atomic mass is 10.2. The minimum Gasteiger partial charge on any atom is -0.481 e. The van der Waals surface area contributed by atoms with E-state index in [1.54, 1.807) is 13.1 Å². The highest BCUT2D eigenvalue weighted by Crippen LogP contribution is 2.18. The zero-order chi connectivity index (χ0) is 14.9. The summed E-state index contributed by atoms with van der Waals surface area (Å²) in [6.45, 7) is 2.58. The monoisotopic (exact) mass is 284 g/mol. The molecule has 0 atom stereocenters. The standard InChI is InChI=1S/C16H16N2O3/c1-2-20-16(19)18-9-3-4-11-21-14-8-7-13-6-5-10-17-15(13)12-14/h5-8,10,12H,2,9,11H2,1H3,(H,18,19). The number of pyridine rings is 1. The van der Waals surface area contributed by atoms with Crippen molar-refractivity contribution < 1.29 is 14.3 Å². The van der Waals surface area contributed by atoms with Gasteiger partial charge in [0.05, 0.1) is 18.7 Å². The number of carbonyl (C=O) groups excluding carboxylic acids is 1. The molecule has 0 saturated heterocycles. The van der Waals surface area contributed by atoms with E-state index in [0.29, 0.717) is 12.4 Å². The Bertz CT molecular complexity index is 674. The van der Waals surface area contributed by atoms with E-state index in [4.69, 9.17) is 9.47 Å². The second-order valence-corrected chi connectivity index (χ2v) is 4.07. The number of hydrogen-bond donors (Lipinski definition) is 1. The van der Waals surface area contributed by atoms with Crippen molar-refractivity contribution in [2.24, 2.45) is 0 Å². The number of benzene rings is 1. The van der Waals surface area contributed by atoms with Crippen LogP contribution in [0.1, 0.15) is 6.92 Å². The molecule has 1 heterocycles. The predicted molar refractivity (Wildman–Crippen MR) is 80.0 cm³/mol. The quantitative estimate of drug-likeness (QED) is 0.876. The Labute approximate surface area is 123 Å². The summed E-state index contributed by atoms with van der Waals surface area (Å²) in [4.78, 5) is 15.2. The van der Waals surface area contributed by atoms with Gasteiger partial charge in [-0.15, -0.1) is 0 Å². The normalized spacial score (nSPS) is 9.57. The Morgan fingerprint density at radius 3 is 3.10 bits per heavy atom. The number of amides is 1. The summed E-state index contributed by atoms with van der Waals surface area (Å²) < 4.78 is 10.2. The van der Waals surface area contributed by atoms with Gasteiger partial charge in [-0.05, 0) is 25.1 Å². The zero-order valence-corrected chi connectivity index (χ0v) is 11.8. The molecular formula is C16H16N2O3. The summed E-state index contributed by atoms with van der Waals surface area (Å²) in [6.07, 6.45) is 1.28. The van der Waals surface area contributed by atoms with E-state index in [2.05, 4.69) is 22.1 Å². The number of nitrogens with one attached hydrogen (secondary N) is 1. The second-order valence-electron chi connectivity index (χ2n) is 4.07. The zero-order valence-electron chi connectivity index (χ0n) is 11.8. The molecule has 0 unspecified atom stereocenters. The van der Waals surface area contributed by atoms with Gasteiger partial charge in [-0.3, -0.25) is 4.98 Å². The van der Waals surface area contributed by atoms with Crippen molar-refractivity contribution in [1.82, 2.24) is 10.3 Å². The fraction of sp³-hybridized carbons (Fsp3) is 0.250. The molecule has 0 fully saturated rings. The van der Waals surface area contributed by atoms with E-state index in [1.807, 2.05) is 30.3 Å². The van der Waals surface area contributed by atoms with E-state index in [0.717, 1.165) is 10.9 Å². The van der Waals surface area contributed by atoms with Crippen LogP contribution in [0.5, 0.6) is 5.75 Å². The van der Waals surface area contributed by atoms with Crippen LogP contribution in [0.2, 0.25) is 0 Å². The minimum absolute atomic E-state index is 0.238. The van der Waals surface area contributed by atoms with Crippen molar-refractivity contribution in [2.75, 3.05) is 19.8 Å². The SMILES string of the molecule is CCOC(=O)NCC#CCOc1ccc2cccnc2c1. The molecule has 1 amide bonds. The molecule has 2 rings (SSSR count). The van der Waals surface area contributed by atoms with Crippen molar-refractivity contribution in [2.45, 2.75) is 6.92 Å². The molecule has 108 valence electrons. The van der Waals surface area contributed by atoms with Gasteiger partial charge in [0.1, 0.15) is 12.4 Å². The van der Waals surface area contributed by atoms with Crippen LogP contribution in [0, 0.1) is 11.8 Å². The number of ether oxygens (including phenoxy) is 2. The fourth-order valence-corrected chi connectivity index (χ4v) is 1.67. The molecule has 5 nitrogen and oxygen atoms in total. The van der Waals surface area contributed by atoms with Crippen LogP contribution in [0.25, 0.3) is 10.9 Å². The Morgan fingerprint density at radius 2 is 2.24 bits per heavy atom. The summed E-state index contributed by atoms with van der Waals surface area (Å²) in [5.74, 6) is 6.31. The van der Waals surface area contributed by atoms with E-state index in [-0.39, 0.29) is 13.2 Å². The van der Waals surface area contributed by atoms with E-state index < -0.39 is 6.09 Å². The third-order valence-electron chi connectivity index (χ3n) is 2.61. The first-order valence-electron chi connectivity index (χ1n) is 6.63. The number of carbonyl (C=O) groups is 1. The van der Waals surface area contributed by atoms with Crippen LogP contribution in [-0.2, 0) is 4.74 Å². The fourth-order valence-electron chi connectivity index (χ4n) is 1.67. The number of rotatable bonds is 4. The van der Waals surface area contributed by atoms with Gasteiger partial charge in [-0.2, -0.15) is 0 Å². The molecule has 0 radical (unpaired) electrons. The highest BCUT2D eigenvalue weighted by molar-refractivity contribution is 5.79. The van der Waals surface area contributed by atoms with Gasteiger partial charge in [-0.1, -0.05) is 17.9 Å². The van der Waals surface area contributed by atoms with Crippen LogP contribution in [0.3, 0.4) is 0 Å². The molecule has 1 aromatic heterocycles. The average molecular weight is 284 g/mol. The maximum absolute atomic E-state index is 11.0. The van der Waals surface area contributed by atoms with Crippen LogP contribution in [0.4, 0.5) is 4.79 Å². The maximum atomic E-state index is 11.0. The van der Waals surface area contributed by atoms with Gasteiger partial charge in [0.15, 0.2) is 0 Å². The molecule has 0 spiro atoms. The van der Waals surface area contributed by atoms with Crippen molar-refractivity contribution in [3.8, 4) is 17.6 Å². The topological polar surface area (TPSA) is 60.5 Å². The predicted octanol–water partition coefficient (Wildman–Crippen LogP) is 2.36. The number of hydrogen-bond acceptors (Lipinski definition) is 4. The first kappa shape index (κ1) is 14.7. The van der Waals surface area contributed by atoms with Gasteiger partial charge in [0.25, 0.3) is 0 Å². The van der Waals surface area contributed by atoms with Crippen molar-refractivity contribution in [1.29, 1.82) is 0 Å². The summed E-state index contributed by atoms with van der Waals surface area (Å²) >= 11 is 0. The van der Waals surface area contributed by atoms with Crippen molar-refractivity contribution in [3.05, 3.63) is 36.5 Å². The largest absolute Gasteiger partial charge is 0.481 e. The van der Waals surface area contributed by atoms with Gasteiger partial charge in [0, 0.05) is 17.6 Å². The van der Waals surface area contributed by atoms with Crippen LogP contribution >= 0.6 is 0 Å². The Hall–Kier alpha value is -2.74. The highest BCUT2D eigenvalue weighted by atomic mass is 16.5.